The third-order valence-corrected chi connectivity index (χ3v) is 5.41. The standard InChI is InChI=1S/C19H40N4O/c1-18(2)23-14-12-21(13-15-23)7-5-6-20-8-10-22(11-9-20)16-17-24-19(3)4/h18-19H,5-17H2,1-4H3. The van der Waals surface area contributed by atoms with Crippen molar-refractivity contribution in [2.75, 3.05) is 78.6 Å². The average Bonchev–Trinajstić information content (AvgIpc) is 2.56. The van der Waals surface area contributed by atoms with Crippen LogP contribution in [0.3, 0.4) is 0 Å². The van der Waals surface area contributed by atoms with Crippen LogP contribution in [0.5, 0.6) is 0 Å². The van der Waals surface area contributed by atoms with Gasteiger partial charge in [-0.2, -0.15) is 0 Å². The summed E-state index contributed by atoms with van der Waals surface area (Å²) in [5, 5.41) is 0. The van der Waals surface area contributed by atoms with Gasteiger partial charge in [-0.1, -0.05) is 0 Å². The van der Waals surface area contributed by atoms with E-state index in [-0.39, 0.29) is 0 Å². The van der Waals surface area contributed by atoms with Crippen molar-refractivity contribution in [2.24, 2.45) is 0 Å². The fourth-order valence-electron chi connectivity index (χ4n) is 3.68. The Morgan fingerprint density at radius 3 is 1.58 bits per heavy atom. The summed E-state index contributed by atoms with van der Waals surface area (Å²) in [6, 6.07) is 0.703. The lowest BCUT2D eigenvalue weighted by molar-refractivity contribution is 0.0437. The summed E-state index contributed by atoms with van der Waals surface area (Å²) in [5.74, 6) is 0. The molecule has 2 rings (SSSR count). The van der Waals surface area contributed by atoms with Gasteiger partial charge in [0.05, 0.1) is 12.7 Å². The molecule has 2 heterocycles. The minimum atomic E-state index is 0.355. The predicted molar refractivity (Wildman–Crippen MR) is 102 cm³/mol. The van der Waals surface area contributed by atoms with Crippen LogP contribution < -0.4 is 0 Å². The van der Waals surface area contributed by atoms with Crippen molar-refractivity contribution in [1.82, 2.24) is 19.6 Å². The molecule has 142 valence electrons. The molecular formula is C19H40N4O. The lowest BCUT2D eigenvalue weighted by atomic mass is 10.2. The van der Waals surface area contributed by atoms with Gasteiger partial charge in [-0.3, -0.25) is 9.80 Å². The van der Waals surface area contributed by atoms with E-state index in [2.05, 4.69) is 47.3 Å². The summed E-state index contributed by atoms with van der Waals surface area (Å²) in [7, 11) is 0. The van der Waals surface area contributed by atoms with Gasteiger partial charge in [-0.05, 0) is 47.2 Å². The normalized spacial score (nSPS) is 22.8. The molecule has 0 atom stereocenters. The highest BCUT2D eigenvalue weighted by Gasteiger charge is 2.19. The van der Waals surface area contributed by atoms with Crippen LogP contribution in [0.15, 0.2) is 0 Å². The van der Waals surface area contributed by atoms with Crippen LogP contribution in [-0.2, 0) is 4.74 Å². The molecule has 2 fully saturated rings. The van der Waals surface area contributed by atoms with Crippen LogP contribution in [0.2, 0.25) is 0 Å². The largest absolute Gasteiger partial charge is 0.377 e. The van der Waals surface area contributed by atoms with Gasteiger partial charge in [0.2, 0.25) is 0 Å². The van der Waals surface area contributed by atoms with Crippen molar-refractivity contribution in [3.63, 3.8) is 0 Å². The van der Waals surface area contributed by atoms with Gasteiger partial charge in [0.1, 0.15) is 0 Å². The van der Waals surface area contributed by atoms with E-state index in [1.807, 2.05) is 0 Å². The first-order valence-corrected chi connectivity index (χ1v) is 10.1. The van der Waals surface area contributed by atoms with E-state index in [1.165, 1.54) is 71.9 Å². The minimum Gasteiger partial charge on any atom is -0.377 e. The zero-order valence-electron chi connectivity index (χ0n) is 16.5. The number of piperazine rings is 2. The Labute approximate surface area is 149 Å². The van der Waals surface area contributed by atoms with Crippen LogP contribution in [-0.4, -0.2) is 110 Å². The molecule has 0 amide bonds. The zero-order chi connectivity index (χ0) is 17.4. The second-order valence-electron chi connectivity index (χ2n) is 7.93. The lowest BCUT2D eigenvalue weighted by Gasteiger charge is -2.38. The molecule has 2 aliphatic heterocycles. The second kappa shape index (κ2) is 10.7. The number of ether oxygens (including phenoxy) is 1. The van der Waals surface area contributed by atoms with Crippen molar-refractivity contribution in [2.45, 2.75) is 46.3 Å². The molecule has 0 aromatic heterocycles. The van der Waals surface area contributed by atoms with E-state index in [9.17, 15) is 0 Å². The quantitative estimate of drug-likeness (QED) is 0.632. The highest BCUT2D eigenvalue weighted by atomic mass is 16.5. The zero-order valence-corrected chi connectivity index (χ0v) is 16.5. The Morgan fingerprint density at radius 1 is 0.667 bits per heavy atom. The van der Waals surface area contributed by atoms with Crippen LogP contribution in [0.25, 0.3) is 0 Å². The molecular weight excluding hydrogens is 300 g/mol. The summed E-state index contributed by atoms with van der Waals surface area (Å²) < 4.78 is 5.66. The Balaban J connectivity index is 1.49. The van der Waals surface area contributed by atoms with E-state index in [0.717, 1.165) is 13.2 Å². The molecule has 0 radical (unpaired) electrons. The van der Waals surface area contributed by atoms with E-state index in [0.29, 0.717) is 12.1 Å². The first-order chi connectivity index (χ1) is 11.5. The molecule has 2 aliphatic rings. The van der Waals surface area contributed by atoms with Gasteiger partial charge in [-0.25, -0.2) is 0 Å². The van der Waals surface area contributed by atoms with Gasteiger partial charge in [-0.15, -0.1) is 0 Å². The maximum absolute atomic E-state index is 5.66. The van der Waals surface area contributed by atoms with Crippen molar-refractivity contribution in [1.29, 1.82) is 0 Å². The van der Waals surface area contributed by atoms with Crippen LogP contribution >= 0.6 is 0 Å². The summed E-state index contributed by atoms with van der Waals surface area (Å²) >= 11 is 0. The monoisotopic (exact) mass is 340 g/mol. The Morgan fingerprint density at radius 2 is 1.12 bits per heavy atom. The fourth-order valence-corrected chi connectivity index (χ4v) is 3.68. The van der Waals surface area contributed by atoms with Gasteiger partial charge in [0.15, 0.2) is 0 Å². The molecule has 0 aliphatic carbocycles. The molecule has 0 aromatic carbocycles. The third-order valence-electron chi connectivity index (χ3n) is 5.41. The summed E-state index contributed by atoms with van der Waals surface area (Å²) in [6.45, 7) is 23.2. The summed E-state index contributed by atoms with van der Waals surface area (Å²) in [6.07, 6.45) is 1.67. The van der Waals surface area contributed by atoms with Crippen molar-refractivity contribution in [3.05, 3.63) is 0 Å². The van der Waals surface area contributed by atoms with Crippen molar-refractivity contribution < 1.29 is 4.74 Å². The number of nitrogens with zero attached hydrogens (tertiary/aromatic N) is 4. The first kappa shape index (κ1) is 20.1. The maximum atomic E-state index is 5.66. The van der Waals surface area contributed by atoms with E-state index >= 15 is 0 Å². The van der Waals surface area contributed by atoms with Crippen LogP contribution in [0.4, 0.5) is 0 Å². The Hall–Kier alpha value is -0.200. The van der Waals surface area contributed by atoms with E-state index < -0.39 is 0 Å². The number of hydrogen-bond acceptors (Lipinski definition) is 5. The van der Waals surface area contributed by atoms with E-state index in [1.54, 1.807) is 0 Å². The first-order valence-electron chi connectivity index (χ1n) is 10.1. The topological polar surface area (TPSA) is 22.2 Å². The average molecular weight is 341 g/mol. The van der Waals surface area contributed by atoms with Gasteiger partial charge >= 0.3 is 0 Å². The molecule has 0 N–H and O–H groups in total. The third kappa shape index (κ3) is 7.36. The van der Waals surface area contributed by atoms with Crippen molar-refractivity contribution >= 4 is 0 Å². The molecule has 0 saturated carbocycles. The number of rotatable bonds is 9. The van der Waals surface area contributed by atoms with Crippen LogP contribution in [0.1, 0.15) is 34.1 Å². The number of hydrogen-bond donors (Lipinski definition) is 0. The molecule has 24 heavy (non-hydrogen) atoms. The van der Waals surface area contributed by atoms with Gasteiger partial charge in [0, 0.05) is 64.9 Å². The maximum Gasteiger partial charge on any atom is 0.0596 e. The SMILES string of the molecule is CC(C)OCCN1CCN(CCCN2CCN(C(C)C)CC2)CC1. The summed E-state index contributed by atoms with van der Waals surface area (Å²) in [5.41, 5.74) is 0. The van der Waals surface area contributed by atoms with E-state index in [4.69, 9.17) is 4.74 Å². The van der Waals surface area contributed by atoms with Crippen LogP contribution in [0, 0.1) is 0 Å². The molecule has 0 spiro atoms. The molecule has 0 aromatic rings. The lowest BCUT2D eigenvalue weighted by Crippen LogP contribution is -2.50. The Bertz CT molecular complexity index is 321. The van der Waals surface area contributed by atoms with Crippen molar-refractivity contribution in [3.8, 4) is 0 Å². The molecule has 5 nitrogen and oxygen atoms in total. The highest BCUT2D eigenvalue weighted by Crippen LogP contribution is 2.07. The molecule has 2 saturated heterocycles. The molecule has 0 bridgehead atoms. The second-order valence-corrected chi connectivity index (χ2v) is 7.93. The fraction of sp³-hybridized carbons (Fsp3) is 1.00. The minimum absolute atomic E-state index is 0.355. The highest BCUT2D eigenvalue weighted by molar-refractivity contribution is 4.76. The molecule has 5 heteroatoms. The smallest absolute Gasteiger partial charge is 0.0596 e. The summed E-state index contributed by atoms with van der Waals surface area (Å²) in [4.78, 5) is 10.4. The van der Waals surface area contributed by atoms with Gasteiger partial charge in [0.25, 0.3) is 0 Å². The Kier molecular flexibility index (Phi) is 8.98. The molecule has 0 unspecified atom stereocenters. The predicted octanol–water partition coefficient (Wildman–Crippen LogP) is 1.45. The van der Waals surface area contributed by atoms with Gasteiger partial charge < -0.3 is 14.5 Å².